The lowest BCUT2D eigenvalue weighted by Crippen LogP contribution is -2.15. The van der Waals surface area contributed by atoms with E-state index in [1.165, 1.54) is 18.2 Å². The first-order valence-corrected chi connectivity index (χ1v) is 6.04. The maximum absolute atomic E-state index is 11.8. The van der Waals surface area contributed by atoms with Gasteiger partial charge in [0.25, 0.3) is 0 Å². The predicted octanol–water partition coefficient (Wildman–Crippen LogP) is 2.18. The normalized spacial score (nSPS) is 14.0. The Morgan fingerprint density at radius 3 is 2.44 bits per heavy atom. The third-order valence-electron chi connectivity index (χ3n) is 2.69. The Bertz CT molecular complexity index is 468. The lowest BCUT2D eigenvalue weighted by Gasteiger charge is -2.12. The fraction of sp³-hybridized carbons (Fsp3) is 0.385. The Morgan fingerprint density at radius 1 is 1.39 bits per heavy atom. The van der Waals surface area contributed by atoms with Gasteiger partial charge in [0.15, 0.2) is 11.9 Å². The number of carbonyl (C=O) groups is 2. The summed E-state index contributed by atoms with van der Waals surface area (Å²) in [5.41, 5.74) is 1.42. The zero-order chi connectivity index (χ0) is 13.9. The average molecular weight is 271 g/mol. The molecule has 2 N–H and O–H groups in total. The van der Waals surface area contributed by atoms with E-state index >= 15 is 0 Å². The number of aliphatic hydroxyl groups excluding tert-OH is 1. The molecule has 2 unspecified atom stereocenters. The number of carbonyl (C=O) groups excluding carboxylic acids is 1. The van der Waals surface area contributed by atoms with Crippen LogP contribution in [0.3, 0.4) is 0 Å². The molecule has 0 aliphatic carbocycles. The molecule has 0 bridgehead atoms. The van der Waals surface area contributed by atoms with Crippen molar-refractivity contribution in [3.8, 4) is 0 Å². The first-order chi connectivity index (χ1) is 8.38. The molecular formula is C13H15ClO4. The van der Waals surface area contributed by atoms with E-state index < -0.39 is 17.5 Å². The number of aliphatic carboxylic acids is 1. The quantitative estimate of drug-likeness (QED) is 0.635. The number of carboxylic acid groups (broad SMARTS) is 1. The second kappa shape index (κ2) is 5.98. The lowest BCUT2D eigenvalue weighted by molar-refractivity contribution is -0.146. The monoisotopic (exact) mass is 270 g/mol. The van der Waals surface area contributed by atoms with Crippen LogP contribution in [0.2, 0.25) is 0 Å². The number of Topliss-reactive ketones (excluding diaryl/α,β-unsaturated/α-hetero) is 1. The van der Waals surface area contributed by atoms with Crippen LogP contribution < -0.4 is 0 Å². The second-order valence-corrected chi connectivity index (χ2v) is 4.65. The minimum atomic E-state index is -1.58. The van der Waals surface area contributed by atoms with E-state index in [9.17, 15) is 14.7 Å². The maximum atomic E-state index is 11.8. The fourth-order valence-corrected chi connectivity index (χ4v) is 1.79. The van der Waals surface area contributed by atoms with Crippen LogP contribution in [-0.4, -0.2) is 27.3 Å². The molecule has 0 aliphatic rings. The molecule has 0 fully saturated rings. The molecule has 98 valence electrons. The third-order valence-corrected chi connectivity index (χ3v) is 2.88. The van der Waals surface area contributed by atoms with Gasteiger partial charge in [-0.2, -0.15) is 0 Å². The van der Waals surface area contributed by atoms with Crippen LogP contribution in [0.25, 0.3) is 0 Å². The van der Waals surface area contributed by atoms with Crippen LogP contribution in [0.1, 0.15) is 41.4 Å². The first-order valence-electron chi connectivity index (χ1n) is 5.60. The second-order valence-electron chi connectivity index (χ2n) is 3.99. The van der Waals surface area contributed by atoms with E-state index in [0.717, 1.165) is 0 Å². The number of benzene rings is 1. The van der Waals surface area contributed by atoms with E-state index in [-0.39, 0.29) is 11.3 Å². The van der Waals surface area contributed by atoms with Crippen molar-refractivity contribution in [2.24, 2.45) is 0 Å². The molecule has 1 rings (SSSR count). The number of carboxylic acids is 1. The Kier molecular flexibility index (Phi) is 4.87. The molecule has 0 saturated carbocycles. The molecule has 4 nitrogen and oxygen atoms in total. The van der Waals surface area contributed by atoms with Gasteiger partial charge in [0, 0.05) is 5.56 Å². The minimum Gasteiger partial charge on any atom is -0.479 e. The number of aliphatic hydroxyl groups is 1. The van der Waals surface area contributed by atoms with Gasteiger partial charge in [-0.25, -0.2) is 4.79 Å². The Morgan fingerprint density at radius 2 is 2.00 bits per heavy atom. The Hall–Kier alpha value is -1.39. The SMILES string of the molecule is CCc1cc(C(O)C(=O)O)ccc1C(=O)C(C)Cl. The number of rotatable bonds is 5. The molecule has 0 saturated heterocycles. The van der Waals surface area contributed by atoms with Gasteiger partial charge in [-0.3, -0.25) is 4.79 Å². The third kappa shape index (κ3) is 3.09. The summed E-state index contributed by atoms with van der Waals surface area (Å²) in [4.78, 5) is 22.5. The van der Waals surface area contributed by atoms with Crippen molar-refractivity contribution in [1.29, 1.82) is 0 Å². The number of hydrogen-bond acceptors (Lipinski definition) is 3. The van der Waals surface area contributed by atoms with Crippen molar-refractivity contribution in [2.45, 2.75) is 31.7 Å². The summed E-state index contributed by atoms with van der Waals surface area (Å²) in [6.07, 6.45) is -1.02. The molecule has 0 spiro atoms. The van der Waals surface area contributed by atoms with Gasteiger partial charge < -0.3 is 10.2 Å². The van der Waals surface area contributed by atoms with Gasteiger partial charge in [0.05, 0.1) is 5.38 Å². The maximum Gasteiger partial charge on any atom is 0.337 e. The van der Waals surface area contributed by atoms with Gasteiger partial charge in [0.2, 0.25) is 0 Å². The zero-order valence-corrected chi connectivity index (χ0v) is 10.9. The molecule has 0 aromatic heterocycles. The van der Waals surface area contributed by atoms with Crippen LogP contribution in [-0.2, 0) is 11.2 Å². The minimum absolute atomic E-state index is 0.204. The number of halogens is 1. The van der Waals surface area contributed by atoms with Crippen LogP contribution in [0.15, 0.2) is 18.2 Å². The van der Waals surface area contributed by atoms with Crippen molar-refractivity contribution >= 4 is 23.4 Å². The molecule has 0 aliphatic heterocycles. The van der Waals surface area contributed by atoms with Crippen molar-refractivity contribution in [1.82, 2.24) is 0 Å². The highest BCUT2D eigenvalue weighted by Crippen LogP contribution is 2.21. The highest BCUT2D eigenvalue weighted by molar-refractivity contribution is 6.33. The highest BCUT2D eigenvalue weighted by Gasteiger charge is 2.20. The van der Waals surface area contributed by atoms with Gasteiger partial charge in [-0.1, -0.05) is 25.1 Å². The van der Waals surface area contributed by atoms with Gasteiger partial charge in [-0.15, -0.1) is 11.6 Å². The van der Waals surface area contributed by atoms with Crippen LogP contribution in [0, 0.1) is 0 Å². The number of alkyl halides is 1. The summed E-state index contributed by atoms with van der Waals surface area (Å²) in [7, 11) is 0. The Labute approximate surface area is 110 Å². The standard InChI is InChI=1S/C13H15ClO4/c1-3-8-6-9(12(16)13(17)18)4-5-10(8)11(15)7(2)14/h4-7,12,16H,3H2,1-2H3,(H,17,18). The van der Waals surface area contributed by atoms with Crippen molar-refractivity contribution in [3.05, 3.63) is 34.9 Å². The predicted molar refractivity (Wildman–Crippen MR) is 68.1 cm³/mol. The van der Waals surface area contributed by atoms with Gasteiger partial charge in [-0.05, 0) is 24.5 Å². The highest BCUT2D eigenvalue weighted by atomic mass is 35.5. The summed E-state index contributed by atoms with van der Waals surface area (Å²) in [6, 6.07) is 4.48. The molecule has 0 radical (unpaired) electrons. The first kappa shape index (κ1) is 14.7. The number of ketones is 1. The summed E-state index contributed by atoms with van der Waals surface area (Å²) in [5, 5.41) is 17.5. The molecule has 18 heavy (non-hydrogen) atoms. The van der Waals surface area contributed by atoms with E-state index in [1.54, 1.807) is 6.92 Å². The van der Waals surface area contributed by atoms with Crippen LogP contribution in [0.4, 0.5) is 0 Å². The smallest absolute Gasteiger partial charge is 0.337 e. The van der Waals surface area contributed by atoms with E-state index in [0.29, 0.717) is 17.5 Å². The van der Waals surface area contributed by atoms with Crippen molar-refractivity contribution in [2.75, 3.05) is 0 Å². The molecular weight excluding hydrogens is 256 g/mol. The van der Waals surface area contributed by atoms with E-state index in [1.807, 2.05) is 6.92 Å². The average Bonchev–Trinajstić information content (AvgIpc) is 2.35. The summed E-state index contributed by atoms with van der Waals surface area (Å²) < 4.78 is 0. The molecule has 5 heteroatoms. The van der Waals surface area contributed by atoms with Crippen LogP contribution >= 0.6 is 11.6 Å². The van der Waals surface area contributed by atoms with E-state index in [2.05, 4.69) is 0 Å². The van der Waals surface area contributed by atoms with Gasteiger partial charge in [0.1, 0.15) is 0 Å². The van der Waals surface area contributed by atoms with E-state index in [4.69, 9.17) is 16.7 Å². The molecule has 2 atom stereocenters. The molecule has 1 aromatic rings. The summed E-state index contributed by atoms with van der Waals surface area (Å²) >= 11 is 5.75. The number of aryl methyl sites for hydroxylation is 1. The lowest BCUT2D eigenvalue weighted by atomic mass is 9.96. The van der Waals surface area contributed by atoms with Crippen LogP contribution in [0.5, 0.6) is 0 Å². The molecule has 0 amide bonds. The molecule has 1 aromatic carbocycles. The largest absolute Gasteiger partial charge is 0.479 e. The fourth-order valence-electron chi connectivity index (χ4n) is 1.67. The molecule has 0 heterocycles. The summed E-state index contributed by atoms with van der Waals surface area (Å²) in [5.74, 6) is -1.52. The van der Waals surface area contributed by atoms with Crippen molar-refractivity contribution in [3.63, 3.8) is 0 Å². The van der Waals surface area contributed by atoms with Crippen molar-refractivity contribution < 1.29 is 19.8 Å². The van der Waals surface area contributed by atoms with Gasteiger partial charge >= 0.3 is 5.97 Å². The topological polar surface area (TPSA) is 74.6 Å². The summed E-state index contributed by atoms with van der Waals surface area (Å²) in [6.45, 7) is 3.44. The number of hydrogen-bond donors (Lipinski definition) is 2. The Balaban J connectivity index is 3.19. The zero-order valence-electron chi connectivity index (χ0n) is 10.2.